The normalized spacial score (nSPS) is 10.4. The van der Waals surface area contributed by atoms with Crippen LogP contribution in [-0.4, -0.2) is 24.0 Å². The first-order valence-electron chi connectivity index (χ1n) is 6.47. The lowest BCUT2D eigenvalue weighted by Crippen LogP contribution is -2.10. The van der Waals surface area contributed by atoms with E-state index in [4.69, 9.17) is 4.42 Å². The average Bonchev–Trinajstić information content (AvgIpc) is 3.08. The van der Waals surface area contributed by atoms with E-state index < -0.39 is 0 Å². The van der Waals surface area contributed by atoms with Gasteiger partial charge in [0.25, 0.3) is 5.91 Å². The van der Waals surface area contributed by atoms with Crippen LogP contribution in [0.25, 0.3) is 0 Å². The molecule has 0 radical (unpaired) electrons. The molecule has 0 saturated heterocycles. The Hall–Kier alpha value is -2.15. The van der Waals surface area contributed by atoms with Crippen molar-refractivity contribution in [1.82, 2.24) is 4.98 Å². The van der Waals surface area contributed by atoms with Gasteiger partial charge in [-0.25, -0.2) is 4.98 Å². The van der Waals surface area contributed by atoms with Gasteiger partial charge in [0, 0.05) is 11.8 Å². The van der Waals surface area contributed by atoms with Gasteiger partial charge in [-0.05, 0) is 31.9 Å². The van der Waals surface area contributed by atoms with Gasteiger partial charge in [-0.1, -0.05) is 0 Å². The number of hydrogen-bond acceptors (Lipinski definition) is 6. The number of ether oxygens (including phenoxy) is 1. The third-order valence-electron chi connectivity index (χ3n) is 2.78. The summed E-state index contributed by atoms with van der Waals surface area (Å²) in [5.41, 5.74) is 0.842. The highest BCUT2D eigenvalue weighted by Crippen LogP contribution is 2.18. The van der Waals surface area contributed by atoms with Gasteiger partial charge in [0.2, 0.25) is 0 Å². The summed E-state index contributed by atoms with van der Waals surface area (Å²) in [4.78, 5) is 27.2. The molecule has 0 unspecified atom stereocenters. The SMILES string of the molecule is COC(=O)CCCc1csc(NC(=O)c2ccc(C)o2)n1. The predicted octanol–water partition coefficient (Wildman–Crippen LogP) is 2.79. The summed E-state index contributed by atoms with van der Waals surface area (Å²) in [6.45, 7) is 1.78. The van der Waals surface area contributed by atoms with Crippen LogP contribution in [0.3, 0.4) is 0 Å². The second-order valence-corrected chi connectivity index (χ2v) is 5.30. The molecule has 0 bridgehead atoms. The molecular formula is C14H16N2O4S. The van der Waals surface area contributed by atoms with Gasteiger partial charge in [-0.3, -0.25) is 14.9 Å². The van der Waals surface area contributed by atoms with Gasteiger partial charge < -0.3 is 9.15 Å². The Labute approximate surface area is 126 Å². The Kier molecular flexibility index (Phi) is 5.10. The Morgan fingerprint density at radius 1 is 1.43 bits per heavy atom. The number of aromatic nitrogens is 1. The molecule has 0 aromatic carbocycles. The van der Waals surface area contributed by atoms with Gasteiger partial charge in [-0.15, -0.1) is 11.3 Å². The Morgan fingerprint density at radius 3 is 2.90 bits per heavy atom. The Morgan fingerprint density at radius 2 is 2.24 bits per heavy atom. The number of carbonyl (C=O) groups excluding carboxylic acids is 2. The Bertz CT molecular complexity index is 632. The van der Waals surface area contributed by atoms with E-state index in [9.17, 15) is 9.59 Å². The minimum atomic E-state index is -0.321. The lowest BCUT2D eigenvalue weighted by Gasteiger charge is -1.98. The summed E-state index contributed by atoms with van der Waals surface area (Å²) in [6, 6.07) is 3.35. The number of nitrogens with one attached hydrogen (secondary N) is 1. The second kappa shape index (κ2) is 7.03. The number of esters is 1. The summed E-state index contributed by atoms with van der Waals surface area (Å²) in [6.07, 6.45) is 1.70. The standard InChI is InChI=1S/C14H16N2O4S/c1-9-6-7-11(20-9)13(18)16-14-15-10(8-21-14)4-3-5-12(17)19-2/h6-8H,3-5H2,1-2H3,(H,15,16,18). The molecule has 0 atom stereocenters. The van der Waals surface area contributed by atoms with Crippen LogP contribution in [0.15, 0.2) is 21.9 Å². The van der Waals surface area contributed by atoms with Crippen LogP contribution in [0.1, 0.15) is 34.9 Å². The van der Waals surface area contributed by atoms with Crippen molar-refractivity contribution in [2.75, 3.05) is 12.4 Å². The number of methoxy groups -OCH3 is 1. The minimum Gasteiger partial charge on any atom is -0.469 e. The number of amides is 1. The molecule has 2 aromatic heterocycles. The molecule has 112 valence electrons. The summed E-state index contributed by atoms with van der Waals surface area (Å²) in [5, 5.41) is 5.06. The molecule has 21 heavy (non-hydrogen) atoms. The first kappa shape index (κ1) is 15.2. The molecule has 1 amide bonds. The fourth-order valence-corrected chi connectivity index (χ4v) is 2.45. The summed E-state index contributed by atoms with van der Waals surface area (Å²) in [5.74, 6) is 0.392. The molecular weight excluding hydrogens is 292 g/mol. The number of furan rings is 1. The van der Waals surface area contributed by atoms with E-state index in [1.54, 1.807) is 19.1 Å². The number of carbonyl (C=O) groups is 2. The van der Waals surface area contributed by atoms with Gasteiger partial charge in [-0.2, -0.15) is 0 Å². The summed E-state index contributed by atoms with van der Waals surface area (Å²) in [7, 11) is 1.37. The highest BCUT2D eigenvalue weighted by Gasteiger charge is 2.12. The number of rotatable bonds is 6. The van der Waals surface area contributed by atoms with Crippen molar-refractivity contribution in [2.45, 2.75) is 26.2 Å². The van der Waals surface area contributed by atoms with Gasteiger partial charge in [0.05, 0.1) is 12.8 Å². The van der Waals surface area contributed by atoms with Crippen molar-refractivity contribution < 1.29 is 18.7 Å². The molecule has 0 fully saturated rings. The first-order valence-corrected chi connectivity index (χ1v) is 7.35. The van der Waals surface area contributed by atoms with E-state index in [1.807, 2.05) is 5.38 Å². The molecule has 0 saturated carbocycles. The van der Waals surface area contributed by atoms with Crippen molar-refractivity contribution >= 4 is 28.3 Å². The van der Waals surface area contributed by atoms with Crippen LogP contribution < -0.4 is 5.32 Å². The summed E-state index contributed by atoms with van der Waals surface area (Å²) >= 11 is 1.34. The molecule has 0 aliphatic heterocycles. The van der Waals surface area contributed by atoms with Crippen LogP contribution in [0.4, 0.5) is 5.13 Å². The van der Waals surface area contributed by atoms with Crippen molar-refractivity contribution in [3.05, 3.63) is 34.7 Å². The van der Waals surface area contributed by atoms with Crippen LogP contribution in [0.5, 0.6) is 0 Å². The second-order valence-electron chi connectivity index (χ2n) is 4.44. The first-order chi connectivity index (χ1) is 10.1. The van der Waals surface area contributed by atoms with Crippen LogP contribution in [-0.2, 0) is 16.0 Å². The molecule has 1 N–H and O–H groups in total. The van der Waals surface area contributed by atoms with Gasteiger partial charge in [0.1, 0.15) is 5.76 Å². The molecule has 2 rings (SSSR count). The largest absolute Gasteiger partial charge is 0.469 e. The van der Waals surface area contributed by atoms with E-state index in [0.29, 0.717) is 30.2 Å². The maximum atomic E-state index is 11.9. The molecule has 6 nitrogen and oxygen atoms in total. The van der Waals surface area contributed by atoms with E-state index >= 15 is 0 Å². The molecule has 2 aromatic rings. The molecule has 0 spiro atoms. The minimum absolute atomic E-state index is 0.230. The van der Waals surface area contributed by atoms with E-state index in [2.05, 4.69) is 15.0 Å². The third kappa shape index (κ3) is 4.42. The Balaban J connectivity index is 1.85. The molecule has 2 heterocycles. The zero-order valence-corrected chi connectivity index (χ0v) is 12.7. The van der Waals surface area contributed by atoms with E-state index in [0.717, 1.165) is 5.69 Å². The highest BCUT2D eigenvalue weighted by molar-refractivity contribution is 7.13. The maximum absolute atomic E-state index is 11.9. The number of aryl methyl sites for hydroxylation is 2. The molecule has 0 aliphatic carbocycles. The van der Waals surface area contributed by atoms with Crippen LogP contribution in [0.2, 0.25) is 0 Å². The van der Waals surface area contributed by atoms with Crippen molar-refractivity contribution in [2.24, 2.45) is 0 Å². The zero-order chi connectivity index (χ0) is 15.2. The fourth-order valence-electron chi connectivity index (χ4n) is 1.71. The number of hydrogen-bond donors (Lipinski definition) is 1. The van der Waals surface area contributed by atoms with E-state index in [-0.39, 0.29) is 17.6 Å². The number of anilines is 1. The lowest BCUT2D eigenvalue weighted by molar-refractivity contribution is -0.140. The molecule has 0 aliphatic rings. The monoisotopic (exact) mass is 308 g/mol. The van der Waals surface area contributed by atoms with Gasteiger partial charge >= 0.3 is 5.97 Å². The van der Waals surface area contributed by atoms with Crippen LogP contribution >= 0.6 is 11.3 Å². The van der Waals surface area contributed by atoms with E-state index in [1.165, 1.54) is 18.4 Å². The number of thiazole rings is 1. The van der Waals surface area contributed by atoms with Crippen molar-refractivity contribution in [3.63, 3.8) is 0 Å². The van der Waals surface area contributed by atoms with Crippen LogP contribution in [0, 0.1) is 6.92 Å². The smallest absolute Gasteiger partial charge is 0.305 e. The predicted molar refractivity (Wildman–Crippen MR) is 78.5 cm³/mol. The van der Waals surface area contributed by atoms with Gasteiger partial charge in [0.15, 0.2) is 10.9 Å². The number of nitrogens with zero attached hydrogens (tertiary/aromatic N) is 1. The van der Waals surface area contributed by atoms with Crippen molar-refractivity contribution in [3.8, 4) is 0 Å². The lowest BCUT2D eigenvalue weighted by atomic mass is 10.2. The highest BCUT2D eigenvalue weighted by atomic mass is 32.1. The van der Waals surface area contributed by atoms with Crippen molar-refractivity contribution in [1.29, 1.82) is 0 Å². The quantitative estimate of drug-likeness (QED) is 0.830. The maximum Gasteiger partial charge on any atom is 0.305 e. The molecule has 7 heteroatoms. The average molecular weight is 308 g/mol. The zero-order valence-electron chi connectivity index (χ0n) is 11.8. The fraction of sp³-hybridized carbons (Fsp3) is 0.357. The summed E-state index contributed by atoms with van der Waals surface area (Å²) < 4.78 is 9.81. The third-order valence-corrected chi connectivity index (χ3v) is 3.58. The topological polar surface area (TPSA) is 81.4 Å².